The van der Waals surface area contributed by atoms with Gasteiger partial charge in [0.15, 0.2) is 5.78 Å². The summed E-state index contributed by atoms with van der Waals surface area (Å²) >= 11 is 0. The number of alkyl halides is 3. The minimum atomic E-state index is -5.18. The van der Waals surface area contributed by atoms with E-state index in [4.69, 9.17) is 4.74 Å². The number of ketones is 1. The molecule has 2 unspecified atom stereocenters. The highest BCUT2D eigenvalue weighted by molar-refractivity contribution is 6.00. The van der Waals surface area contributed by atoms with Crippen molar-refractivity contribution >= 4 is 17.7 Å². The molecule has 2 fully saturated rings. The molecule has 5 rings (SSSR count). The molecule has 2 aromatic rings. The van der Waals surface area contributed by atoms with E-state index in [2.05, 4.69) is 16.9 Å². The number of benzene rings is 2. The van der Waals surface area contributed by atoms with Crippen molar-refractivity contribution in [1.82, 2.24) is 4.90 Å². The Morgan fingerprint density at radius 2 is 1.78 bits per heavy atom. The minimum absolute atomic E-state index is 0.00201. The maximum Gasteiger partial charge on any atom is 0.491 e. The number of piperidine rings is 1. The Labute approximate surface area is 206 Å². The molecule has 1 saturated heterocycles. The maximum absolute atomic E-state index is 13.1. The summed E-state index contributed by atoms with van der Waals surface area (Å²) in [4.78, 5) is 37.4. The van der Waals surface area contributed by atoms with Gasteiger partial charge in [0.1, 0.15) is 5.75 Å². The van der Waals surface area contributed by atoms with Gasteiger partial charge in [-0.2, -0.15) is 13.2 Å². The predicted molar refractivity (Wildman–Crippen MR) is 123 cm³/mol. The van der Waals surface area contributed by atoms with Gasteiger partial charge in [-0.05, 0) is 49.9 Å². The van der Waals surface area contributed by atoms with Crippen LogP contribution < -0.4 is 4.74 Å². The third-order valence-corrected chi connectivity index (χ3v) is 7.58. The van der Waals surface area contributed by atoms with E-state index >= 15 is 0 Å². The normalized spacial score (nSPS) is 22.5. The van der Waals surface area contributed by atoms with Crippen LogP contribution in [0.5, 0.6) is 5.75 Å². The molecule has 3 aliphatic rings. The average molecular weight is 502 g/mol. The molecule has 6 nitrogen and oxygen atoms in total. The first-order valence-corrected chi connectivity index (χ1v) is 12.1. The van der Waals surface area contributed by atoms with Gasteiger partial charge >= 0.3 is 18.1 Å². The fraction of sp³-hybridized carbons (Fsp3) is 0.444. The van der Waals surface area contributed by atoms with E-state index in [0.29, 0.717) is 25.3 Å². The van der Waals surface area contributed by atoms with Crippen LogP contribution in [0.1, 0.15) is 53.1 Å². The second-order valence-corrected chi connectivity index (χ2v) is 9.85. The molecule has 2 atom stereocenters. The Bertz CT molecular complexity index is 1170. The van der Waals surface area contributed by atoms with Crippen LogP contribution in [-0.4, -0.2) is 55.0 Å². The number of halogens is 3. The van der Waals surface area contributed by atoms with E-state index in [1.807, 2.05) is 41.3 Å². The fourth-order valence-electron chi connectivity index (χ4n) is 5.37. The number of fused-ring (bicyclic) bond motifs is 2. The summed E-state index contributed by atoms with van der Waals surface area (Å²) in [5, 5.41) is 0. The zero-order valence-electron chi connectivity index (χ0n) is 19.6. The van der Waals surface area contributed by atoms with Crippen molar-refractivity contribution in [1.29, 1.82) is 0 Å². The quantitative estimate of drug-likeness (QED) is 0.332. The number of ether oxygens (including phenoxy) is 2. The molecule has 0 bridgehead atoms. The standard InChI is InChI=1S/C27H26F3NO5/c28-27(29,30)25(34)36-23(32)8-11-31-12-9-26(10-13-31)16-35-22-14-18(6-7-21(22)26)24(33)20-15-19(20)17-4-2-1-3-5-17/h1-7,14,19-20H,8-13,15-16H2. The van der Waals surface area contributed by atoms with Gasteiger partial charge in [0, 0.05) is 29.0 Å². The van der Waals surface area contributed by atoms with Crippen molar-refractivity contribution < 1.29 is 37.0 Å². The fourth-order valence-corrected chi connectivity index (χ4v) is 5.37. The van der Waals surface area contributed by atoms with E-state index in [9.17, 15) is 27.6 Å². The van der Waals surface area contributed by atoms with Crippen LogP contribution >= 0.6 is 0 Å². The molecule has 2 heterocycles. The number of rotatable bonds is 6. The summed E-state index contributed by atoms with van der Waals surface area (Å²) in [6, 6.07) is 15.8. The van der Waals surface area contributed by atoms with Gasteiger partial charge in [-0.3, -0.25) is 9.59 Å². The number of carbonyl (C=O) groups excluding carboxylic acids is 3. The SMILES string of the molecule is O=C(CCN1CCC2(CC1)COc1cc(C(=O)C3CC3c3ccccc3)ccc12)OC(=O)C(F)(F)F. The molecule has 0 N–H and O–H groups in total. The second kappa shape index (κ2) is 9.35. The Balaban J connectivity index is 1.15. The van der Waals surface area contributed by atoms with E-state index in [1.165, 1.54) is 5.56 Å². The molecule has 0 radical (unpaired) electrons. The van der Waals surface area contributed by atoms with E-state index in [-0.39, 0.29) is 36.0 Å². The topological polar surface area (TPSA) is 72.9 Å². The molecular formula is C27H26F3NO5. The van der Waals surface area contributed by atoms with Gasteiger partial charge in [-0.15, -0.1) is 0 Å². The lowest BCUT2D eigenvalue weighted by Crippen LogP contribution is -2.44. The van der Waals surface area contributed by atoms with Gasteiger partial charge in [0.2, 0.25) is 0 Å². The van der Waals surface area contributed by atoms with E-state index < -0.39 is 18.1 Å². The maximum atomic E-state index is 13.1. The first-order valence-electron chi connectivity index (χ1n) is 12.1. The van der Waals surface area contributed by atoms with Gasteiger partial charge in [0.05, 0.1) is 13.0 Å². The van der Waals surface area contributed by atoms with Crippen LogP contribution in [0.25, 0.3) is 0 Å². The van der Waals surface area contributed by atoms with Crippen LogP contribution in [0, 0.1) is 5.92 Å². The first kappa shape index (κ1) is 24.5. The second-order valence-electron chi connectivity index (χ2n) is 9.85. The lowest BCUT2D eigenvalue weighted by Gasteiger charge is -2.38. The summed E-state index contributed by atoms with van der Waals surface area (Å²) in [5.41, 5.74) is 2.74. The molecule has 2 aliphatic heterocycles. The van der Waals surface area contributed by atoms with Crippen LogP contribution in [0.2, 0.25) is 0 Å². The number of esters is 2. The molecule has 2 aromatic carbocycles. The molecule has 0 amide bonds. The first-order chi connectivity index (χ1) is 17.2. The number of nitrogens with zero attached hydrogens (tertiary/aromatic N) is 1. The monoisotopic (exact) mass is 501 g/mol. The van der Waals surface area contributed by atoms with Crippen molar-refractivity contribution in [3.05, 3.63) is 65.2 Å². The Morgan fingerprint density at radius 3 is 2.47 bits per heavy atom. The number of Topliss-reactive ketones (excluding diaryl/α,β-unsaturated/α-hetero) is 1. The number of likely N-dealkylation sites (tertiary alicyclic amines) is 1. The Hall–Kier alpha value is -3.20. The lowest BCUT2D eigenvalue weighted by atomic mass is 9.74. The molecule has 9 heteroatoms. The largest absolute Gasteiger partial charge is 0.492 e. The molecule has 190 valence electrons. The molecular weight excluding hydrogens is 475 g/mol. The molecule has 1 aliphatic carbocycles. The van der Waals surface area contributed by atoms with Crippen LogP contribution in [0.4, 0.5) is 13.2 Å². The van der Waals surface area contributed by atoms with Crippen molar-refractivity contribution in [3.63, 3.8) is 0 Å². The number of hydrogen-bond acceptors (Lipinski definition) is 6. The predicted octanol–water partition coefficient (Wildman–Crippen LogP) is 4.42. The highest BCUT2D eigenvalue weighted by atomic mass is 19.4. The molecule has 1 saturated carbocycles. The smallest absolute Gasteiger partial charge is 0.491 e. The molecule has 1 spiro atoms. The van der Waals surface area contributed by atoms with Crippen molar-refractivity contribution in [3.8, 4) is 5.75 Å². The lowest BCUT2D eigenvalue weighted by molar-refractivity contribution is -0.201. The third kappa shape index (κ3) is 4.89. The third-order valence-electron chi connectivity index (χ3n) is 7.58. The number of hydrogen-bond donors (Lipinski definition) is 0. The summed E-state index contributed by atoms with van der Waals surface area (Å²) in [7, 11) is 0. The van der Waals surface area contributed by atoms with Crippen molar-refractivity contribution in [2.75, 3.05) is 26.2 Å². The summed E-state index contributed by atoms with van der Waals surface area (Å²) in [6.45, 7) is 1.98. The zero-order chi connectivity index (χ0) is 25.5. The Kier molecular flexibility index (Phi) is 6.36. The molecule has 36 heavy (non-hydrogen) atoms. The van der Waals surface area contributed by atoms with Crippen molar-refractivity contribution in [2.45, 2.75) is 43.2 Å². The summed E-state index contributed by atoms with van der Waals surface area (Å²) in [6.07, 6.45) is -3.11. The van der Waals surface area contributed by atoms with Crippen LogP contribution in [-0.2, 0) is 19.7 Å². The van der Waals surface area contributed by atoms with Crippen LogP contribution in [0.15, 0.2) is 48.5 Å². The van der Waals surface area contributed by atoms with Gasteiger partial charge in [-0.1, -0.05) is 42.5 Å². The van der Waals surface area contributed by atoms with E-state index in [1.54, 1.807) is 0 Å². The van der Waals surface area contributed by atoms with Crippen molar-refractivity contribution in [2.24, 2.45) is 5.92 Å². The highest BCUT2D eigenvalue weighted by Crippen LogP contribution is 2.50. The Morgan fingerprint density at radius 1 is 1.06 bits per heavy atom. The van der Waals surface area contributed by atoms with Gasteiger partial charge in [0.25, 0.3) is 0 Å². The van der Waals surface area contributed by atoms with Crippen LogP contribution in [0.3, 0.4) is 0 Å². The van der Waals surface area contributed by atoms with Gasteiger partial charge in [-0.25, -0.2) is 4.79 Å². The molecule has 0 aromatic heterocycles. The zero-order valence-corrected chi connectivity index (χ0v) is 19.6. The van der Waals surface area contributed by atoms with E-state index in [0.717, 1.165) is 30.6 Å². The highest BCUT2D eigenvalue weighted by Gasteiger charge is 2.46. The summed E-state index contributed by atoms with van der Waals surface area (Å²) in [5.74, 6) is -2.52. The average Bonchev–Trinajstić information content (AvgIpc) is 3.60. The number of carbonyl (C=O) groups is 3. The summed E-state index contributed by atoms with van der Waals surface area (Å²) < 4.78 is 46.5. The minimum Gasteiger partial charge on any atom is -0.492 e. The van der Waals surface area contributed by atoms with Gasteiger partial charge < -0.3 is 14.4 Å².